The minimum Gasteiger partial charge on any atom is -0.496 e. The summed E-state index contributed by atoms with van der Waals surface area (Å²) in [6, 6.07) is 13.2. The van der Waals surface area contributed by atoms with Gasteiger partial charge in [0.1, 0.15) is 11.3 Å². The first-order chi connectivity index (χ1) is 12.1. The molecule has 128 valence electrons. The summed E-state index contributed by atoms with van der Waals surface area (Å²) in [5.41, 5.74) is 2.08. The van der Waals surface area contributed by atoms with Gasteiger partial charge in [0.15, 0.2) is 0 Å². The molecule has 7 heteroatoms. The Morgan fingerprint density at radius 2 is 1.96 bits per heavy atom. The first-order valence-corrected chi connectivity index (χ1v) is 7.37. The standard InChI is InChI=1S/C18H17N3O4/c1-24-16-9-14(6-7-15(16)17(22)25-2)21-18(23)20-11-13-5-3-4-12(8-13)10-19/h3-9H,11H2,1-2H3,(H2,20,21,23). The molecule has 0 bridgehead atoms. The molecule has 7 nitrogen and oxygen atoms in total. The molecule has 0 atom stereocenters. The van der Waals surface area contributed by atoms with Gasteiger partial charge in [0.25, 0.3) is 0 Å². The van der Waals surface area contributed by atoms with Crippen LogP contribution >= 0.6 is 0 Å². The number of nitrogens with one attached hydrogen (secondary N) is 2. The normalized spacial score (nSPS) is 9.64. The summed E-state index contributed by atoms with van der Waals surface area (Å²) in [5, 5.41) is 14.2. The average molecular weight is 339 g/mol. The topological polar surface area (TPSA) is 100 Å². The molecule has 0 aliphatic heterocycles. The molecule has 2 amide bonds. The molecule has 2 N–H and O–H groups in total. The van der Waals surface area contributed by atoms with E-state index in [2.05, 4.69) is 15.4 Å². The van der Waals surface area contributed by atoms with Crippen LogP contribution in [0.4, 0.5) is 10.5 Å². The molecular formula is C18H17N3O4. The second kappa shape index (κ2) is 8.36. The van der Waals surface area contributed by atoms with Crippen LogP contribution in [0.15, 0.2) is 42.5 Å². The fraction of sp³-hybridized carbons (Fsp3) is 0.167. The molecule has 0 spiro atoms. The number of ether oxygens (including phenoxy) is 2. The van der Waals surface area contributed by atoms with Gasteiger partial charge in [0.05, 0.1) is 25.9 Å². The maximum absolute atomic E-state index is 12.0. The molecule has 0 radical (unpaired) electrons. The van der Waals surface area contributed by atoms with E-state index in [9.17, 15) is 9.59 Å². The van der Waals surface area contributed by atoms with E-state index in [-0.39, 0.29) is 12.1 Å². The molecule has 2 aromatic rings. The first-order valence-electron chi connectivity index (χ1n) is 7.37. The van der Waals surface area contributed by atoms with E-state index in [1.54, 1.807) is 24.3 Å². The highest BCUT2D eigenvalue weighted by molar-refractivity contribution is 5.95. The fourth-order valence-electron chi connectivity index (χ4n) is 2.16. The minimum atomic E-state index is -0.523. The number of hydrogen-bond donors (Lipinski definition) is 2. The summed E-state index contributed by atoms with van der Waals surface area (Å²) in [5.74, 6) is -0.225. The molecule has 0 aliphatic carbocycles. The van der Waals surface area contributed by atoms with Crippen molar-refractivity contribution in [1.29, 1.82) is 5.26 Å². The third-order valence-corrected chi connectivity index (χ3v) is 3.37. The van der Waals surface area contributed by atoms with Crippen molar-refractivity contribution in [2.24, 2.45) is 0 Å². The number of amides is 2. The van der Waals surface area contributed by atoms with E-state index >= 15 is 0 Å². The summed E-state index contributed by atoms with van der Waals surface area (Å²) < 4.78 is 9.81. The first kappa shape index (κ1) is 17.8. The zero-order chi connectivity index (χ0) is 18.2. The second-order valence-corrected chi connectivity index (χ2v) is 5.03. The average Bonchev–Trinajstić information content (AvgIpc) is 2.65. The lowest BCUT2D eigenvalue weighted by molar-refractivity contribution is 0.0597. The Balaban J connectivity index is 2.00. The van der Waals surface area contributed by atoms with Crippen molar-refractivity contribution in [3.63, 3.8) is 0 Å². The number of hydrogen-bond acceptors (Lipinski definition) is 5. The van der Waals surface area contributed by atoms with Crippen LogP contribution in [0, 0.1) is 11.3 Å². The highest BCUT2D eigenvalue weighted by atomic mass is 16.5. The number of anilines is 1. The number of carbonyl (C=O) groups is 2. The van der Waals surface area contributed by atoms with Crippen molar-refractivity contribution >= 4 is 17.7 Å². The Bertz CT molecular complexity index is 827. The van der Waals surface area contributed by atoms with Gasteiger partial charge in [0, 0.05) is 18.3 Å². The highest BCUT2D eigenvalue weighted by Gasteiger charge is 2.13. The number of benzene rings is 2. The van der Waals surface area contributed by atoms with Gasteiger partial charge < -0.3 is 20.1 Å². The quantitative estimate of drug-likeness (QED) is 0.816. The predicted molar refractivity (Wildman–Crippen MR) is 91.3 cm³/mol. The van der Waals surface area contributed by atoms with Crippen LogP contribution in [0.2, 0.25) is 0 Å². The van der Waals surface area contributed by atoms with E-state index in [1.807, 2.05) is 12.1 Å². The molecular weight excluding hydrogens is 322 g/mol. The van der Waals surface area contributed by atoms with E-state index in [1.165, 1.54) is 26.4 Å². The van der Waals surface area contributed by atoms with Gasteiger partial charge in [-0.1, -0.05) is 12.1 Å². The van der Waals surface area contributed by atoms with Crippen molar-refractivity contribution in [3.05, 3.63) is 59.2 Å². The van der Waals surface area contributed by atoms with Gasteiger partial charge in [-0.2, -0.15) is 5.26 Å². The maximum atomic E-state index is 12.0. The van der Waals surface area contributed by atoms with Gasteiger partial charge in [-0.25, -0.2) is 9.59 Å². The van der Waals surface area contributed by atoms with Crippen LogP contribution in [0.25, 0.3) is 0 Å². The lowest BCUT2D eigenvalue weighted by Crippen LogP contribution is -2.28. The number of nitriles is 1. The molecule has 0 saturated heterocycles. The Labute approximate surface area is 145 Å². The van der Waals surface area contributed by atoms with E-state index in [0.717, 1.165) is 5.56 Å². The van der Waals surface area contributed by atoms with Crippen molar-refractivity contribution in [1.82, 2.24) is 5.32 Å². The largest absolute Gasteiger partial charge is 0.496 e. The zero-order valence-corrected chi connectivity index (χ0v) is 13.8. The number of nitrogens with zero attached hydrogens (tertiary/aromatic N) is 1. The Hall–Kier alpha value is -3.53. The number of carbonyl (C=O) groups excluding carboxylic acids is 2. The van der Waals surface area contributed by atoms with E-state index < -0.39 is 12.0 Å². The van der Waals surface area contributed by atoms with Crippen LogP contribution in [-0.2, 0) is 11.3 Å². The number of rotatable bonds is 5. The minimum absolute atomic E-state index is 0.268. The van der Waals surface area contributed by atoms with Crippen LogP contribution in [0.3, 0.4) is 0 Å². The molecule has 2 rings (SSSR count). The predicted octanol–water partition coefficient (Wildman–Crippen LogP) is 2.68. The molecule has 2 aromatic carbocycles. The summed E-state index contributed by atoms with van der Waals surface area (Å²) in [6.07, 6.45) is 0. The SMILES string of the molecule is COC(=O)c1ccc(NC(=O)NCc2cccc(C#N)c2)cc1OC. The van der Waals surface area contributed by atoms with Crippen LogP contribution in [0.5, 0.6) is 5.75 Å². The summed E-state index contributed by atoms with van der Waals surface area (Å²) in [7, 11) is 2.70. The molecule has 0 aromatic heterocycles. The zero-order valence-electron chi connectivity index (χ0n) is 13.8. The van der Waals surface area contributed by atoms with Crippen LogP contribution < -0.4 is 15.4 Å². The number of urea groups is 1. The van der Waals surface area contributed by atoms with Gasteiger partial charge >= 0.3 is 12.0 Å². The van der Waals surface area contributed by atoms with Crippen molar-refractivity contribution in [2.45, 2.75) is 6.54 Å². The summed E-state index contributed by atoms with van der Waals surface area (Å²) in [4.78, 5) is 23.6. The Kier molecular flexibility index (Phi) is 5.96. The maximum Gasteiger partial charge on any atom is 0.341 e. The lowest BCUT2D eigenvalue weighted by Gasteiger charge is -2.11. The van der Waals surface area contributed by atoms with Gasteiger partial charge in [-0.3, -0.25) is 0 Å². The van der Waals surface area contributed by atoms with Gasteiger partial charge in [-0.05, 0) is 29.8 Å². The Morgan fingerprint density at radius 1 is 1.16 bits per heavy atom. The molecule has 0 unspecified atom stereocenters. The monoisotopic (exact) mass is 339 g/mol. The van der Waals surface area contributed by atoms with Crippen molar-refractivity contribution in [2.75, 3.05) is 19.5 Å². The van der Waals surface area contributed by atoms with Crippen LogP contribution in [0.1, 0.15) is 21.5 Å². The second-order valence-electron chi connectivity index (χ2n) is 5.03. The molecule has 0 saturated carbocycles. The molecule has 0 heterocycles. The van der Waals surface area contributed by atoms with Crippen molar-refractivity contribution in [3.8, 4) is 11.8 Å². The number of methoxy groups -OCH3 is 2. The molecule has 0 fully saturated rings. The molecule has 0 aliphatic rings. The summed E-state index contributed by atoms with van der Waals surface area (Å²) in [6.45, 7) is 0.277. The highest BCUT2D eigenvalue weighted by Crippen LogP contribution is 2.23. The van der Waals surface area contributed by atoms with Gasteiger partial charge in [0.2, 0.25) is 0 Å². The smallest absolute Gasteiger partial charge is 0.341 e. The third kappa shape index (κ3) is 4.72. The van der Waals surface area contributed by atoms with Crippen molar-refractivity contribution < 1.29 is 19.1 Å². The summed E-state index contributed by atoms with van der Waals surface area (Å²) >= 11 is 0. The fourth-order valence-corrected chi connectivity index (χ4v) is 2.16. The Morgan fingerprint density at radius 3 is 2.64 bits per heavy atom. The number of esters is 1. The van der Waals surface area contributed by atoms with Gasteiger partial charge in [-0.15, -0.1) is 0 Å². The van der Waals surface area contributed by atoms with E-state index in [4.69, 9.17) is 10.00 Å². The molecule has 25 heavy (non-hydrogen) atoms. The third-order valence-electron chi connectivity index (χ3n) is 3.37. The lowest BCUT2D eigenvalue weighted by atomic mass is 10.1. The van der Waals surface area contributed by atoms with E-state index in [0.29, 0.717) is 17.0 Å². The van der Waals surface area contributed by atoms with Crippen LogP contribution in [-0.4, -0.2) is 26.2 Å².